The van der Waals surface area contributed by atoms with Crippen molar-refractivity contribution in [3.05, 3.63) is 29.8 Å². The van der Waals surface area contributed by atoms with E-state index in [1.54, 1.807) is 12.1 Å². The van der Waals surface area contributed by atoms with E-state index in [1.807, 2.05) is 6.92 Å². The zero-order chi connectivity index (χ0) is 20.3. The number of hydrogen-bond acceptors (Lipinski definition) is 5. The molecule has 1 atom stereocenters. The Bertz CT molecular complexity index is 850. The third-order valence-corrected chi connectivity index (χ3v) is 7.16. The normalized spacial score (nSPS) is 21.2. The molecule has 3 amide bonds. The van der Waals surface area contributed by atoms with Crippen LogP contribution >= 0.6 is 0 Å². The second kappa shape index (κ2) is 8.40. The number of anilines is 1. The van der Waals surface area contributed by atoms with Crippen molar-refractivity contribution in [1.82, 2.24) is 9.62 Å². The van der Waals surface area contributed by atoms with E-state index in [0.717, 1.165) is 24.2 Å². The first-order valence-corrected chi connectivity index (χ1v) is 11.1. The minimum absolute atomic E-state index is 0.00185. The third kappa shape index (κ3) is 4.41. The summed E-state index contributed by atoms with van der Waals surface area (Å²) >= 11 is 0. The van der Waals surface area contributed by atoms with E-state index in [-0.39, 0.29) is 43.0 Å². The molecule has 8 nitrogen and oxygen atoms in total. The van der Waals surface area contributed by atoms with E-state index in [9.17, 15) is 22.8 Å². The highest BCUT2D eigenvalue weighted by molar-refractivity contribution is 7.89. The van der Waals surface area contributed by atoms with Crippen LogP contribution in [0, 0.1) is 0 Å². The number of benzene rings is 1. The van der Waals surface area contributed by atoms with Crippen LogP contribution in [0.2, 0.25) is 0 Å². The van der Waals surface area contributed by atoms with Crippen LogP contribution < -0.4 is 10.2 Å². The Labute approximate surface area is 164 Å². The second-order valence-corrected chi connectivity index (χ2v) is 9.24. The highest BCUT2D eigenvalue weighted by Crippen LogP contribution is 2.23. The van der Waals surface area contributed by atoms with Crippen molar-refractivity contribution < 1.29 is 22.8 Å². The second-order valence-electron chi connectivity index (χ2n) is 7.20. The number of nitrogens with zero attached hydrogens (tertiary/aromatic N) is 2. The lowest BCUT2D eigenvalue weighted by atomic mass is 10.1. The van der Waals surface area contributed by atoms with Gasteiger partial charge in [-0.1, -0.05) is 6.42 Å². The van der Waals surface area contributed by atoms with Crippen LogP contribution in [-0.4, -0.2) is 55.3 Å². The molecular formula is C19H25N3O5S. The highest BCUT2D eigenvalue weighted by atomic mass is 32.2. The van der Waals surface area contributed by atoms with Crippen LogP contribution in [-0.2, 0) is 19.6 Å². The molecule has 1 aromatic carbocycles. The van der Waals surface area contributed by atoms with Crippen LogP contribution in [0.1, 0.15) is 49.4 Å². The SMILES string of the molecule is C[C@H]1CCCCN1S(=O)(=O)CCNC(=O)c1ccc(N2C(=O)CCC2=O)cc1. The number of carbonyl (C=O) groups is 3. The topological polar surface area (TPSA) is 104 Å². The van der Waals surface area contributed by atoms with Gasteiger partial charge in [-0.05, 0) is 44.0 Å². The Balaban J connectivity index is 1.55. The number of sulfonamides is 1. The summed E-state index contributed by atoms with van der Waals surface area (Å²) < 4.78 is 26.5. The molecule has 2 aliphatic heterocycles. The van der Waals surface area contributed by atoms with E-state index in [2.05, 4.69) is 5.32 Å². The summed E-state index contributed by atoms with van der Waals surface area (Å²) in [6.45, 7) is 2.47. The molecule has 152 valence electrons. The fourth-order valence-corrected chi connectivity index (χ4v) is 5.28. The zero-order valence-electron chi connectivity index (χ0n) is 15.9. The molecule has 9 heteroatoms. The van der Waals surface area contributed by atoms with Gasteiger partial charge in [-0.3, -0.25) is 19.3 Å². The highest BCUT2D eigenvalue weighted by Gasteiger charge is 2.31. The summed E-state index contributed by atoms with van der Waals surface area (Å²) in [4.78, 5) is 36.9. The first-order chi connectivity index (χ1) is 13.3. The van der Waals surface area contributed by atoms with E-state index in [0.29, 0.717) is 17.8 Å². The number of piperidine rings is 1. The molecule has 2 saturated heterocycles. The summed E-state index contributed by atoms with van der Waals surface area (Å²) in [6, 6.07) is 6.12. The van der Waals surface area contributed by atoms with Gasteiger partial charge in [0.05, 0.1) is 11.4 Å². The molecule has 1 N–H and O–H groups in total. The molecule has 0 aromatic heterocycles. The lowest BCUT2D eigenvalue weighted by Crippen LogP contribution is -2.45. The lowest BCUT2D eigenvalue weighted by molar-refractivity contribution is -0.121. The summed E-state index contributed by atoms with van der Waals surface area (Å²) in [5, 5.41) is 2.62. The standard InChI is InChI=1S/C19H25N3O5S/c1-14-4-2-3-12-21(14)28(26,27)13-11-20-19(25)15-5-7-16(8-6-15)22-17(23)9-10-18(22)24/h5-8,14H,2-4,9-13H2,1H3,(H,20,25)/t14-/m0/s1. The Hall–Kier alpha value is -2.26. The molecule has 28 heavy (non-hydrogen) atoms. The smallest absolute Gasteiger partial charge is 0.251 e. The maximum absolute atomic E-state index is 12.5. The molecular weight excluding hydrogens is 382 g/mol. The van der Waals surface area contributed by atoms with Crippen molar-refractivity contribution in [2.24, 2.45) is 0 Å². The van der Waals surface area contributed by atoms with Crippen LogP contribution in [0.4, 0.5) is 5.69 Å². The third-order valence-electron chi connectivity index (χ3n) is 5.18. The van der Waals surface area contributed by atoms with Gasteiger partial charge in [0, 0.05) is 37.5 Å². The number of carbonyl (C=O) groups excluding carboxylic acids is 3. The number of imide groups is 1. The molecule has 1 aromatic rings. The Morgan fingerprint density at radius 1 is 1.11 bits per heavy atom. The number of hydrogen-bond donors (Lipinski definition) is 1. The first-order valence-electron chi connectivity index (χ1n) is 9.53. The molecule has 0 spiro atoms. The van der Waals surface area contributed by atoms with Crippen molar-refractivity contribution in [2.45, 2.75) is 45.1 Å². The Kier molecular flexibility index (Phi) is 6.14. The quantitative estimate of drug-likeness (QED) is 0.716. The van der Waals surface area contributed by atoms with Crippen molar-refractivity contribution in [2.75, 3.05) is 23.7 Å². The van der Waals surface area contributed by atoms with E-state index >= 15 is 0 Å². The van der Waals surface area contributed by atoms with Crippen molar-refractivity contribution in [3.8, 4) is 0 Å². The van der Waals surface area contributed by atoms with Gasteiger partial charge >= 0.3 is 0 Å². The van der Waals surface area contributed by atoms with Crippen LogP contribution in [0.5, 0.6) is 0 Å². The largest absolute Gasteiger partial charge is 0.351 e. The summed E-state index contributed by atoms with van der Waals surface area (Å²) in [6.07, 6.45) is 3.16. The fraction of sp³-hybridized carbons (Fsp3) is 0.526. The minimum Gasteiger partial charge on any atom is -0.351 e. The summed E-state index contributed by atoms with van der Waals surface area (Å²) in [7, 11) is -3.40. The number of nitrogens with one attached hydrogen (secondary N) is 1. The van der Waals surface area contributed by atoms with Gasteiger partial charge in [-0.25, -0.2) is 8.42 Å². The van der Waals surface area contributed by atoms with Gasteiger partial charge in [0.1, 0.15) is 0 Å². The summed E-state index contributed by atoms with van der Waals surface area (Å²) in [5.74, 6) is -1.04. The van der Waals surface area contributed by atoms with Gasteiger partial charge < -0.3 is 5.32 Å². The van der Waals surface area contributed by atoms with Crippen molar-refractivity contribution in [3.63, 3.8) is 0 Å². The van der Waals surface area contributed by atoms with Gasteiger partial charge in [-0.2, -0.15) is 4.31 Å². The van der Waals surface area contributed by atoms with Crippen molar-refractivity contribution in [1.29, 1.82) is 0 Å². The molecule has 0 aliphatic carbocycles. The number of amides is 3. The van der Waals surface area contributed by atoms with Crippen molar-refractivity contribution >= 4 is 33.4 Å². The predicted octanol–water partition coefficient (Wildman–Crippen LogP) is 1.27. The molecule has 2 fully saturated rings. The summed E-state index contributed by atoms with van der Waals surface area (Å²) in [5.41, 5.74) is 0.775. The molecule has 0 saturated carbocycles. The molecule has 2 aliphatic rings. The predicted molar refractivity (Wildman–Crippen MR) is 104 cm³/mol. The molecule has 0 unspecified atom stereocenters. The molecule has 3 rings (SSSR count). The lowest BCUT2D eigenvalue weighted by Gasteiger charge is -2.32. The van der Waals surface area contributed by atoms with Gasteiger partial charge in [0.25, 0.3) is 5.91 Å². The Morgan fingerprint density at radius 2 is 1.75 bits per heavy atom. The van der Waals surface area contributed by atoms with Gasteiger partial charge in [0.2, 0.25) is 21.8 Å². The Morgan fingerprint density at radius 3 is 2.36 bits per heavy atom. The molecule has 0 radical (unpaired) electrons. The van der Waals surface area contributed by atoms with Gasteiger partial charge in [0.15, 0.2) is 0 Å². The first kappa shape index (κ1) is 20.5. The number of rotatable bonds is 6. The average molecular weight is 407 g/mol. The maximum Gasteiger partial charge on any atom is 0.251 e. The van der Waals surface area contributed by atoms with Crippen LogP contribution in [0.25, 0.3) is 0 Å². The molecule has 2 heterocycles. The van der Waals surface area contributed by atoms with E-state index in [1.165, 1.54) is 16.4 Å². The zero-order valence-corrected chi connectivity index (χ0v) is 16.7. The fourth-order valence-electron chi connectivity index (χ4n) is 3.62. The van der Waals surface area contributed by atoms with E-state index < -0.39 is 15.9 Å². The van der Waals surface area contributed by atoms with Gasteiger partial charge in [-0.15, -0.1) is 0 Å². The molecule has 0 bridgehead atoms. The van der Waals surface area contributed by atoms with Crippen LogP contribution in [0.3, 0.4) is 0 Å². The monoisotopic (exact) mass is 407 g/mol. The minimum atomic E-state index is -3.40. The van der Waals surface area contributed by atoms with E-state index in [4.69, 9.17) is 0 Å². The average Bonchev–Trinajstić information content (AvgIpc) is 3.00. The maximum atomic E-state index is 12.5. The van der Waals surface area contributed by atoms with Crippen LogP contribution in [0.15, 0.2) is 24.3 Å².